The van der Waals surface area contributed by atoms with Gasteiger partial charge in [0.2, 0.25) is 5.82 Å². The third kappa shape index (κ3) is 6.77. The van der Waals surface area contributed by atoms with Crippen molar-refractivity contribution in [2.45, 2.75) is 52.6 Å². The molecule has 2 heterocycles. The second kappa shape index (κ2) is 12.5. The number of nitriles is 1. The van der Waals surface area contributed by atoms with Gasteiger partial charge in [-0.05, 0) is 64.8 Å². The molecule has 196 valence electrons. The molecule has 1 aromatic carbocycles. The highest BCUT2D eigenvalue weighted by atomic mass is 16.5. The lowest BCUT2D eigenvalue weighted by atomic mass is 9.93. The van der Waals surface area contributed by atoms with Gasteiger partial charge in [-0.1, -0.05) is 17.3 Å². The number of hydrogen-bond acceptors (Lipinski definition) is 9. The summed E-state index contributed by atoms with van der Waals surface area (Å²) in [6, 6.07) is 7.45. The van der Waals surface area contributed by atoms with E-state index in [-0.39, 0.29) is 18.0 Å². The molecule has 0 radical (unpaired) electrons. The Balaban J connectivity index is 1.45. The number of benzene rings is 1. The molecule has 1 fully saturated rings. The number of fused-ring (bicyclic) bond motifs is 1. The lowest BCUT2D eigenvalue weighted by molar-refractivity contribution is -0.143. The van der Waals surface area contributed by atoms with Gasteiger partial charge in [-0.25, -0.2) is 0 Å². The van der Waals surface area contributed by atoms with E-state index in [0.717, 1.165) is 50.2 Å². The third-order valence-corrected chi connectivity index (χ3v) is 6.27. The number of allylic oxidation sites excluding steroid dienone is 3. The maximum Gasteiger partial charge on any atom is 0.305 e. The van der Waals surface area contributed by atoms with E-state index in [2.05, 4.69) is 27.2 Å². The summed E-state index contributed by atoms with van der Waals surface area (Å²) in [6.45, 7) is 9.28. The first-order valence-electron chi connectivity index (χ1n) is 12.9. The second-order valence-corrected chi connectivity index (χ2v) is 9.44. The molecule has 1 unspecified atom stereocenters. The van der Waals surface area contributed by atoms with Gasteiger partial charge in [-0.15, -0.1) is 0 Å². The summed E-state index contributed by atoms with van der Waals surface area (Å²) in [6.07, 6.45) is 7.18. The summed E-state index contributed by atoms with van der Waals surface area (Å²) in [5.41, 5.74) is 1.90. The molecular weight excluding hydrogens is 472 g/mol. The van der Waals surface area contributed by atoms with E-state index in [9.17, 15) is 10.1 Å². The highest BCUT2D eigenvalue weighted by molar-refractivity contribution is 5.74. The number of aromatic nitrogens is 2. The van der Waals surface area contributed by atoms with Gasteiger partial charge < -0.3 is 18.7 Å². The Hall–Kier alpha value is -3.64. The summed E-state index contributed by atoms with van der Waals surface area (Å²) >= 11 is 0. The lowest BCUT2D eigenvalue weighted by Crippen LogP contribution is -2.31. The van der Waals surface area contributed by atoms with Gasteiger partial charge in [0.15, 0.2) is 0 Å². The van der Waals surface area contributed by atoms with E-state index in [0.29, 0.717) is 48.2 Å². The second-order valence-electron chi connectivity index (χ2n) is 9.44. The van der Waals surface area contributed by atoms with Crippen molar-refractivity contribution < 1.29 is 23.5 Å². The van der Waals surface area contributed by atoms with Crippen LogP contribution in [-0.2, 0) is 14.3 Å². The maximum atomic E-state index is 11.6. The third-order valence-electron chi connectivity index (χ3n) is 6.27. The average Bonchev–Trinajstić information content (AvgIpc) is 3.27. The lowest BCUT2D eigenvalue weighted by Gasteiger charge is -2.25. The molecule has 1 aromatic heterocycles. The van der Waals surface area contributed by atoms with E-state index in [4.69, 9.17) is 18.7 Å². The van der Waals surface area contributed by atoms with Crippen LogP contribution in [0.2, 0.25) is 0 Å². The molecule has 0 amide bonds. The van der Waals surface area contributed by atoms with Gasteiger partial charge in [-0.3, -0.25) is 9.69 Å². The first-order chi connectivity index (χ1) is 18.0. The number of unbranched alkanes of at least 4 members (excludes halogenated alkanes) is 1. The zero-order valence-electron chi connectivity index (χ0n) is 21.7. The first-order valence-corrected chi connectivity index (χ1v) is 12.9. The van der Waals surface area contributed by atoms with Crippen LogP contribution in [0.4, 0.5) is 0 Å². The molecule has 9 heteroatoms. The number of hydrogen-bond donors (Lipinski definition) is 0. The molecular formula is C28H34N4O5. The number of esters is 1. The predicted molar refractivity (Wildman–Crippen MR) is 137 cm³/mol. The van der Waals surface area contributed by atoms with Crippen LogP contribution in [0.3, 0.4) is 0 Å². The van der Waals surface area contributed by atoms with Crippen molar-refractivity contribution in [3.05, 3.63) is 47.5 Å². The van der Waals surface area contributed by atoms with Crippen LogP contribution in [-0.4, -0.2) is 60.0 Å². The van der Waals surface area contributed by atoms with Crippen LogP contribution in [0, 0.1) is 17.2 Å². The van der Waals surface area contributed by atoms with E-state index in [1.807, 2.05) is 32.9 Å². The minimum atomic E-state index is -0.128. The van der Waals surface area contributed by atoms with Gasteiger partial charge >= 0.3 is 5.97 Å². The van der Waals surface area contributed by atoms with Crippen LogP contribution in [0.5, 0.6) is 5.75 Å². The molecule has 37 heavy (non-hydrogen) atoms. The molecule has 1 aliphatic heterocycles. The van der Waals surface area contributed by atoms with Gasteiger partial charge in [-0.2, -0.15) is 10.2 Å². The van der Waals surface area contributed by atoms with E-state index < -0.39 is 0 Å². The largest absolute Gasteiger partial charge is 0.495 e. The SMILES string of the molecule is CCOC(=O)CCCCN1CCOC2=C(c3noc(-c4ccc(OC(C)C)c(C#N)c4)n3)C=CCC2C1. The Morgan fingerprint density at radius 3 is 2.97 bits per heavy atom. The number of rotatable bonds is 10. The smallest absolute Gasteiger partial charge is 0.305 e. The van der Waals surface area contributed by atoms with Crippen molar-refractivity contribution in [3.8, 4) is 23.3 Å². The van der Waals surface area contributed by atoms with Crippen molar-refractivity contribution >= 4 is 11.5 Å². The molecule has 9 nitrogen and oxygen atoms in total. The molecule has 0 spiro atoms. The molecule has 2 aromatic rings. The monoisotopic (exact) mass is 506 g/mol. The zero-order chi connectivity index (χ0) is 26.2. The predicted octanol–water partition coefficient (Wildman–Crippen LogP) is 4.75. The van der Waals surface area contributed by atoms with Crippen molar-refractivity contribution in [2.75, 3.05) is 32.8 Å². The standard InChI is InChI=1S/C28H34N4O5/c1-4-34-25(33)10-5-6-13-32-14-15-35-26-21(18-32)8-7-9-23(26)27-30-28(37-31-27)20-11-12-24(36-19(2)3)22(16-20)17-29/h7,9,11-12,16,19,21H,4-6,8,10,13-15,18H2,1-3H3. The molecule has 0 bridgehead atoms. The fraction of sp³-hybridized carbons (Fsp3) is 0.500. The Bertz CT molecular complexity index is 1190. The average molecular weight is 507 g/mol. The summed E-state index contributed by atoms with van der Waals surface area (Å²) in [5.74, 6) is 2.30. The number of carbonyl (C=O) groups excluding carboxylic acids is 1. The van der Waals surface area contributed by atoms with E-state index >= 15 is 0 Å². The van der Waals surface area contributed by atoms with Crippen LogP contribution < -0.4 is 4.74 Å². The van der Waals surface area contributed by atoms with Crippen molar-refractivity contribution in [2.24, 2.45) is 5.92 Å². The Kier molecular flexibility index (Phi) is 8.96. The number of carbonyl (C=O) groups is 1. The Labute approximate surface area is 217 Å². The summed E-state index contributed by atoms with van der Waals surface area (Å²) in [5, 5.41) is 13.8. The first kappa shape index (κ1) is 26.4. The fourth-order valence-electron chi connectivity index (χ4n) is 4.58. The molecule has 1 saturated heterocycles. The highest BCUT2D eigenvalue weighted by Gasteiger charge is 2.29. The number of nitrogens with zero attached hydrogens (tertiary/aromatic N) is 4. The maximum absolute atomic E-state index is 11.6. The Morgan fingerprint density at radius 1 is 1.32 bits per heavy atom. The van der Waals surface area contributed by atoms with Gasteiger partial charge in [0.1, 0.15) is 24.2 Å². The summed E-state index contributed by atoms with van der Waals surface area (Å²) < 4.78 is 22.5. The zero-order valence-corrected chi connectivity index (χ0v) is 21.7. The van der Waals surface area contributed by atoms with Gasteiger partial charge in [0.25, 0.3) is 5.89 Å². The van der Waals surface area contributed by atoms with Crippen LogP contribution >= 0.6 is 0 Å². The summed E-state index contributed by atoms with van der Waals surface area (Å²) in [7, 11) is 0. The summed E-state index contributed by atoms with van der Waals surface area (Å²) in [4.78, 5) is 18.6. The molecule has 4 rings (SSSR count). The molecule has 1 aliphatic carbocycles. The normalized spacial score (nSPS) is 17.6. The number of ether oxygens (including phenoxy) is 3. The molecule has 2 aliphatic rings. The van der Waals surface area contributed by atoms with E-state index in [1.54, 1.807) is 12.1 Å². The van der Waals surface area contributed by atoms with Gasteiger partial charge in [0.05, 0.1) is 23.8 Å². The van der Waals surface area contributed by atoms with E-state index in [1.165, 1.54) is 0 Å². The molecule has 1 atom stereocenters. The minimum Gasteiger partial charge on any atom is -0.495 e. The van der Waals surface area contributed by atoms with Gasteiger partial charge in [0, 0.05) is 31.0 Å². The fourth-order valence-corrected chi connectivity index (χ4v) is 4.58. The van der Waals surface area contributed by atoms with Crippen molar-refractivity contribution in [3.63, 3.8) is 0 Å². The highest BCUT2D eigenvalue weighted by Crippen LogP contribution is 2.34. The van der Waals surface area contributed by atoms with Crippen LogP contribution in [0.1, 0.15) is 57.8 Å². The molecule has 0 N–H and O–H groups in total. The van der Waals surface area contributed by atoms with Crippen molar-refractivity contribution in [1.82, 2.24) is 15.0 Å². The molecule has 0 saturated carbocycles. The van der Waals surface area contributed by atoms with Crippen molar-refractivity contribution in [1.29, 1.82) is 5.26 Å². The Morgan fingerprint density at radius 2 is 2.19 bits per heavy atom. The quantitative estimate of drug-likeness (QED) is 0.333. The van der Waals surface area contributed by atoms with Crippen LogP contribution in [0.25, 0.3) is 17.0 Å². The van der Waals surface area contributed by atoms with Crippen LogP contribution in [0.15, 0.2) is 40.6 Å². The minimum absolute atomic E-state index is 0.0347. The topological polar surface area (TPSA) is 111 Å².